The SMILES string of the molecule is CC(C)C[C@H](NC(=O)N(C)CCCCCO)C(=O)O. The molecule has 0 saturated carbocycles. The predicted molar refractivity (Wildman–Crippen MR) is 73.0 cm³/mol. The fourth-order valence-electron chi connectivity index (χ4n) is 1.69. The van der Waals surface area contributed by atoms with Gasteiger partial charge in [0.15, 0.2) is 0 Å². The molecule has 0 aromatic rings. The molecule has 0 radical (unpaired) electrons. The van der Waals surface area contributed by atoms with Crippen molar-refractivity contribution in [2.24, 2.45) is 5.92 Å². The molecule has 2 amide bonds. The van der Waals surface area contributed by atoms with Gasteiger partial charge in [0, 0.05) is 20.2 Å². The van der Waals surface area contributed by atoms with Crippen LogP contribution >= 0.6 is 0 Å². The molecule has 6 heteroatoms. The van der Waals surface area contributed by atoms with Crippen molar-refractivity contribution in [2.75, 3.05) is 20.2 Å². The number of hydrogen-bond donors (Lipinski definition) is 3. The molecule has 112 valence electrons. The van der Waals surface area contributed by atoms with Gasteiger partial charge in [0.1, 0.15) is 6.04 Å². The lowest BCUT2D eigenvalue weighted by Crippen LogP contribution is -2.47. The topological polar surface area (TPSA) is 89.9 Å². The zero-order chi connectivity index (χ0) is 14.8. The molecule has 6 nitrogen and oxygen atoms in total. The number of aliphatic hydroxyl groups excluding tert-OH is 1. The molecule has 0 fully saturated rings. The summed E-state index contributed by atoms with van der Waals surface area (Å²) in [6.45, 7) is 4.55. The van der Waals surface area contributed by atoms with Crippen LogP contribution in [0.15, 0.2) is 0 Å². The molecule has 0 aliphatic carbocycles. The van der Waals surface area contributed by atoms with E-state index in [1.807, 2.05) is 13.8 Å². The number of nitrogens with one attached hydrogen (secondary N) is 1. The summed E-state index contributed by atoms with van der Waals surface area (Å²) >= 11 is 0. The number of aliphatic carboxylic acids is 1. The van der Waals surface area contributed by atoms with Gasteiger partial charge in [-0.2, -0.15) is 0 Å². The monoisotopic (exact) mass is 274 g/mol. The van der Waals surface area contributed by atoms with Gasteiger partial charge in [-0.15, -0.1) is 0 Å². The number of unbranched alkanes of at least 4 members (excludes halogenated alkanes) is 2. The Hall–Kier alpha value is -1.30. The van der Waals surface area contributed by atoms with Crippen molar-refractivity contribution in [3.05, 3.63) is 0 Å². The van der Waals surface area contributed by atoms with E-state index in [-0.39, 0.29) is 18.6 Å². The molecule has 0 aliphatic rings. The third-order valence-electron chi connectivity index (χ3n) is 2.80. The summed E-state index contributed by atoms with van der Waals surface area (Å²) in [5, 5.41) is 20.2. The Morgan fingerprint density at radius 3 is 2.32 bits per heavy atom. The Morgan fingerprint density at radius 1 is 1.21 bits per heavy atom. The van der Waals surface area contributed by atoms with Crippen LogP contribution in [0.3, 0.4) is 0 Å². The normalized spacial score (nSPS) is 12.3. The second-order valence-electron chi connectivity index (χ2n) is 5.18. The van der Waals surface area contributed by atoms with Gasteiger partial charge in [-0.3, -0.25) is 0 Å². The summed E-state index contributed by atoms with van der Waals surface area (Å²) in [5.74, 6) is -0.799. The molecule has 1 atom stereocenters. The third-order valence-corrected chi connectivity index (χ3v) is 2.80. The van der Waals surface area contributed by atoms with Crippen LogP contribution in [0.5, 0.6) is 0 Å². The predicted octanol–water partition coefficient (Wildman–Crippen LogP) is 1.29. The molecule has 0 aromatic carbocycles. The Labute approximate surface area is 114 Å². The second-order valence-corrected chi connectivity index (χ2v) is 5.18. The van der Waals surface area contributed by atoms with E-state index in [0.717, 1.165) is 19.3 Å². The van der Waals surface area contributed by atoms with Crippen LogP contribution in [0.1, 0.15) is 39.5 Å². The number of carbonyl (C=O) groups is 2. The zero-order valence-corrected chi connectivity index (χ0v) is 12.1. The largest absolute Gasteiger partial charge is 0.480 e. The average molecular weight is 274 g/mol. The van der Waals surface area contributed by atoms with E-state index in [1.165, 1.54) is 4.90 Å². The first-order valence-corrected chi connectivity index (χ1v) is 6.73. The lowest BCUT2D eigenvalue weighted by Gasteiger charge is -2.22. The minimum absolute atomic E-state index is 0.158. The van der Waals surface area contributed by atoms with Crippen molar-refractivity contribution in [1.82, 2.24) is 10.2 Å². The van der Waals surface area contributed by atoms with Gasteiger partial charge in [-0.25, -0.2) is 9.59 Å². The fraction of sp³-hybridized carbons (Fsp3) is 0.846. The summed E-state index contributed by atoms with van der Waals surface area (Å²) in [6, 6.07) is -1.20. The van der Waals surface area contributed by atoms with Crippen molar-refractivity contribution >= 4 is 12.0 Å². The molecular weight excluding hydrogens is 248 g/mol. The quantitative estimate of drug-likeness (QED) is 0.553. The number of aliphatic hydroxyl groups is 1. The van der Waals surface area contributed by atoms with Crippen LogP contribution in [0.25, 0.3) is 0 Å². The van der Waals surface area contributed by atoms with E-state index in [4.69, 9.17) is 10.2 Å². The van der Waals surface area contributed by atoms with Crippen molar-refractivity contribution in [3.8, 4) is 0 Å². The number of carboxylic acid groups (broad SMARTS) is 1. The summed E-state index contributed by atoms with van der Waals surface area (Å²) < 4.78 is 0. The van der Waals surface area contributed by atoms with Gasteiger partial charge < -0.3 is 20.4 Å². The van der Waals surface area contributed by atoms with Gasteiger partial charge in [0.2, 0.25) is 0 Å². The molecule has 3 N–H and O–H groups in total. The highest BCUT2D eigenvalue weighted by atomic mass is 16.4. The van der Waals surface area contributed by atoms with Crippen molar-refractivity contribution < 1.29 is 19.8 Å². The fourth-order valence-corrected chi connectivity index (χ4v) is 1.69. The Balaban J connectivity index is 4.12. The standard InChI is InChI=1S/C13H26N2O4/c1-10(2)9-11(12(17)18)14-13(19)15(3)7-5-4-6-8-16/h10-11,16H,4-9H2,1-3H3,(H,14,19)(H,17,18)/t11-/m0/s1. The minimum Gasteiger partial charge on any atom is -0.480 e. The van der Waals surface area contributed by atoms with Gasteiger partial charge in [0.25, 0.3) is 0 Å². The highest BCUT2D eigenvalue weighted by molar-refractivity contribution is 5.82. The number of rotatable bonds is 9. The Kier molecular flexibility index (Phi) is 8.95. The second kappa shape index (κ2) is 9.61. The van der Waals surface area contributed by atoms with Gasteiger partial charge in [0.05, 0.1) is 0 Å². The van der Waals surface area contributed by atoms with E-state index in [9.17, 15) is 9.59 Å². The van der Waals surface area contributed by atoms with Crippen LogP contribution in [-0.2, 0) is 4.79 Å². The Morgan fingerprint density at radius 2 is 1.84 bits per heavy atom. The molecule has 0 saturated heterocycles. The third kappa shape index (κ3) is 8.42. The maximum absolute atomic E-state index is 11.8. The molecule has 0 aliphatic heterocycles. The average Bonchev–Trinajstić information content (AvgIpc) is 2.32. The summed E-state index contributed by atoms with van der Waals surface area (Å²) in [4.78, 5) is 24.3. The minimum atomic E-state index is -1.00. The van der Waals surface area contributed by atoms with Gasteiger partial charge in [-0.05, 0) is 31.6 Å². The van der Waals surface area contributed by atoms with Crippen molar-refractivity contribution in [2.45, 2.75) is 45.6 Å². The van der Waals surface area contributed by atoms with E-state index >= 15 is 0 Å². The first-order chi connectivity index (χ1) is 8.88. The summed E-state index contributed by atoms with van der Waals surface area (Å²) in [7, 11) is 1.64. The highest BCUT2D eigenvalue weighted by Crippen LogP contribution is 2.06. The van der Waals surface area contributed by atoms with Crippen LogP contribution in [-0.4, -0.2) is 53.4 Å². The van der Waals surface area contributed by atoms with Crippen LogP contribution in [0.2, 0.25) is 0 Å². The molecule has 0 bridgehead atoms. The van der Waals surface area contributed by atoms with E-state index in [1.54, 1.807) is 7.05 Å². The van der Waals surface area contributed by atoms with E-state index in [2.05, 4.69) is 5.32 Å². The lowest BCUT2D eigenvalue weighted by molar-refractivity contribution is -0.139. The molecule has 0 heterocycles. The molecule has 19 heavy (non-hydrogen) atoms. The van der Waals surface area contributed by atoms with E-state index < -0.39 is 12.0 Å². The first kappa shape index (κ1) is 17.7. The summed E-state index contributed by atoms with van der Waals surface area (Å²) in [6.07, 6.45) is 2.79. The van der Waals surface area contributed by atoms with Crippen molar-refractivity contribution in [1.29, 1.82) is 0 Å². The number of nitrogens with zero attached hydrogens (tertiary/aromatic N) is 1. The van der Waals surface area contributed by atoms with Crippen molar-refractivity contribution in [3.63, 3.8) is 0 Å². The number of carboxylic acids is 1. The first-order valence-electron chi connectivity index (χ1n) is 6.73. The van der Waals surface area contributed by atoms with Gasteiger partial charge in [-0.1, -0.05) is 13.8 Å². The maximum atomic E-state index is 11.8. The van der Waals surface area contributed by atoms with Crippen LogP contribution in [0, 0.1) is 5.92 Å². The summed E-state index contributed by atoms with van der Waals surface area (Å²) in [5.41, 5.74) is 0. The highest BCUT2D eigenvalue weighted by Gasteiger charge is 2.22. The smallest absolute Gasteiger partial charge is 0.326 e. The van der Waals surface area contributed by atoms with E-state index in [0.29, 0.717) is 13.0 Å². The number of carbonyl (C=O) groups excluding carboxylic acids is 1. The number of urea groups is 1. The molecule has 0 spiro atoms. The maximum Gasteiger partial charge on any atom is 0.326 e. The molecule has 0 rings (SSSR count). The number of amides is 2. The Bertz CT molecular complexity index is 282. The number of hydrogen-bond acceptors (Lipinski definition) is 3. The van der Waals surface area contributed by atoms with Gasteiger partial charge >= 0.3 is 12.0 Å². The molecular formula is C13H26N2O4. The van der Waals surface area contributed by atoms with Crippen LogP contribution in [0.4, 0.5) is 4.79 Å². The van der Waals surface area contributed by atoms with Crippen LogP contribution < -0.4 is 5.32 Å². The lowest BCUT2D eigenvalue weighted by atomic mass is 10.0. The zero-order valence-electron chi connectivity index (χ0n) is 12.1. The molecule has 0 unspecified atom stereocenters. The molecule has 0 aromatic heterocycles.